The third-order valence-corrected chi connectivity index (χ3v) is 1.87. The van der Waals surface area contributed by atoms with Crippen molar-refractivity contribution < 1.29 is 4.79 Å². The molecule has 1 aromatic rings. The van der Waals surface area contributed by atoms with Crippen molar-refractivity contribution in [2.24, 2.45) is 0 Å². The van der Waals surface area contributed by atoms with E-state index in [-0.39, 0.29) is 5.91 Å². The van der Waals surface area contributed by atoms with Crippen LogP contribution in [-0.4, -0.2) is 22.0 Å². The molecule has 0 saturated heterocycles. The van der Waals surface area contributed by atoms with Gasteiger partial charge < -0.3 is 5.32 Å². The maximum Gasteiger partial charge on any atom is 0.226 e. The average molecular weight is 202 g/mol. The molecule has 0 aliphatic heterocycles. The van der Waals surface area contributed by atoms with Crippen molar-refractivity contribution in [3.05, 3.63) is 11.8 Å². The molecule has 0 spiro atoms. The lowest BCUT2D eigenvalue weighted by molar-refractivity contribution is -0.115. The minimum absolute atomic E-state index is 0.0889. The number of anilines is 1. The number of carbonyl (C=O) groups excluding carboxylic acids is 1. The number of aromatic amines is 1. The van der Waals surface area contributed by atoms with Crippen molar-refractivity contribution in [2.75, 3.05) is 11.2 Å². The van der Waals surface area contributed by atoms with Gasteiger partial charge in [0.15, 0.2) is 0 Å². The molecule has 0 radical (unpaired) electrons. The van der Waals surface area contributed by atoms with Crippen LogP contribution in [0.3, 0.4) is 0 Å². The summed E-state index contributed by atoms with van der Waals surface area (Å²) < 4.78 is 0. The van der Waals surface area contributed by atoms with Crippen LogP contribution in [0.1, 0.15) is 18.9 Å². The summed E-state index contributed by atoms with van der Waals surface area (Å²) in [7, 11) is 0. The molecule has 0 saturated carbocycles. The van der Waals surface area contributed by atoms with E-state index in [1.807, 2.05) is 6.92 Å². The second kappa shape index (κ2) is 4.87. The highest BCUT2D eigenvalue weighted by molar-refractivity contribution is 6.19. The first-order valence-electron chi connectivity index (χ1n) is 4.16. The Morgan fingerprint density at radius 3 is 3.15 bits per heavy atom. The minimum Gasteiger partial charge on any atom is -0.311 e. The quantitative estimate of drug-likeness (QED) is 0.726. The number of hydrogen-bond acceptors (Lipinski definition) is 2. The van der Waals surface area contributed by atoms with E-state index < -0.39 is 0 Å². The molecule has 1 heterocycles. The lowest BCUT2D eigenvalue weighted by Crippen LogP contribution is -2.13. The Morgan fingerprint density at radius 2 is 2.54 bits per heavy atom. The topological polar surface area (TPSA) is 57.8 Å². The first-order chi connectivity index (χ1) is 6.27. The lowest BCUT2D eigenvalue weighted by Gasteiger charge is -2.02. The number of H-pyrrole nitrogens is 1. The van der Waals surface area contributed by atoms with Crippen LogP contribution in [0.5, 0.6) is 0 Å². The van der Waals surface area contributed by atoms with Gasteiger partial charge in [0.05, 0.1) is 6.20 Å². The molecule has 0 fully saturated rings. The van der Waals surface area contributed by atoms with Crippen molar-refractivity contribution in [2.45, 2.75) is 19.8 Å². The van der Waals surface area contributed by atoms with Gasteiger partial charge >= 0.3 is 0 Å². The number of aromatic nitrogens is 2. The summed E-state index contributed by atoms with van der Waals surface area (Å²) in [5, 5.41) is 9.26. The van der Waals surface area contributed by atoms with E-state index >= 15 is 0 Å². The van der Waals surface area contributed by atoms with Gasteiger partial charge in [-0.25, -0.2) is 0 Å². The molecule has 0 atom stereocenters. The second-order valence-corrected chi connectivity index (χ2v) is 2.99. The maximum absolute atomic E-state index is 11.1. The van der Waals surface area contributed by atoms with E-state index in [0.29, 0.717) is 18.1 Å². The molecule has 13 heavy (non-hydrogen) atoms. The highest BCUT2D eigenvalue weighted by Crippen LogP contribution is 2.11. The van der Waals surface area contributed by atoms with Crippen molar-refractivity contribution in [1.82, 2.24) is 10.2 Å². The van der Waals surface area contributed by atoms with Gasteiger partial charge in [0, 0.05) is 17.9 Å². The van der Waals surface area contributed by atoms with Crippen molar-refractivity contribution >= 4 is 23.3 Å². The van der Waals surface area contributed by atoms with Crippen LogP contribution in [0, 0.1) is 0 Å². The van der Waals surface area contributed by atoms with Crippen LogP contribution in [0.4, 0.5) is 5.82 Å². The van der Waals surface area contributed by atoms with Gasteiger partial charge in [-0.15, -0.1) is 11.6 Å². The van der Waals surface area contributed by atoms with Gasteiger partial charge in [0.1, 0.15) is 5.82 Å². The molecule has 0 bridgehead atoms. The van der Waals surface area contributed by atoms with Gasteiger partial charge in [-0.3, -0.25) is 9.89 Å². The van der Waals surface area contributed by atoms with Crippen LogP contribution in [0.2, 0.25) is 0 Å². The summed E-state index contributed by atoms with van der Waals surface area (Å²) in [6.07, 6.45) is 2.87. The predicted molar refractivity (Wildman–Crippen MR) is 51.9 cm³/mol. The monoisotopic (exact) mass is 201 g/mol. The number of halogens is 1. The molecule has 0 aromatic carbocycles. The molecule has 0 unspecified atom stereocenters. The Hall–Kier alpha value is -1.03. The fourth-order valence-electron chi connectivity index (χ4n) is 0.975. The number of aryl methyl sites for hydroxylation is 1. The fourth-order valence-corrected chi connectivity index (χ4v) is 1.15. The Labute approximate surface area is 81.7 Å². The first kappa shape index (κ1) is 10.1. The van der Waals surface area contributed by atoms with E-state index in [1.54, 1.807) is 6.20 Å². The fraction of sp³-hybridized carbons (Fsp3) is 0.500. The molecule has 0 aliphatic carbocycles. The molecule has 1 amide bonds. The number of nitrogens with one attached hydrogen (secondary N) is 2. The number of carbonyl (C=O) groups is 1. The molecule has 72 valence electrons. The number of amides is 1. The largest absolute Gasteiger partial charge is 0.311 e. The summed E-state index contributed by atoms with van der Waals surface area (Å²) in [6, 6.07) is 0. The smallest absolute Gasteiger partial charge is 0.226 e. The van der Waals surface area contributed by atoms with Gasteiger partial charge in [0.25, 0.3) is 0 Å². The van der Waals surface area contributed by atoms with Gasteiger partial charge in [-0.2, -0.15) is 5.10 Å². The maximum atomic E-state index is 11.1. The number of alkyl halides is 1. The zero-order valence-corrected chi connectivity index (χ0v) is 8.19. The highest BCUT2D eigenvalue weighted by atomic mass is 35.5. The van der Waals surface area contributed by atoms with E-state index in [0.717, 1.165) is 12.0 Å². The average Bonchev–Trinajstić information content (AvgIpc) is 2.52. The molecule has 1 aromatic heterocycles. The number of nitrogens with zero attached hydrogens (tertiary/aromatic N) is 1. The molecule has 5 heteroatoms. The molecule has 4 nitrogen and oxygen atoms in total. The first-order valence-corrected chi connectivity index (χ1v) is 4.69. The second-order valence-electron chi connectivity index (χ2n) is 2.61. The highest BCUT2D eigenvalue weighted by Gasteiger charge is 2.06. The normalized spacial score (nSPS) is 10.0. The summed E-state index contributed by atoms with van der Waals surface area (Å²) in [5.41, 5.74) is 1.00. The van der Waals surface area contributed by atoms with Crippen LogP contribution < -0.4 is 5.32 Å². The van der Waals surface area contributed by atoms with Crippen LogP contribution in [0.25, 0.3) is 0 Å². The molecule has 0 aliphatic rings. The van der Waals surface area contributed by atoms with E-state index in [2.05, 4.69) is 15.5 Å². The SMILES string of the molecule is CCc1cn[nH]c1NC(=O)CCCl. The summed E-state index contributed by atoms with van der Waals surface area (Å²) in [5.74, 6) is 0.924. The summed E-state index contributed by atoms with van der Waals surface area (Å²) >= 11 is 5.42. The zero-order chi connectivity index (χ0) is 9.68. The van der Waals surface area contributed by atoms with Crippen molar-refractivity contribution in [3.8, 4) is 0 Å². The minimum atomic E-state index is -0.0889. The van der Waals surface area contributed by atoms with Gasteiger partial charge in [0.2, 0.25) is 5.91 Å². The van der Waals surface area contributed by atoms with E-state index in [4.69, 9.17) is 11.6 Å². The zero-order valence-electron chi connectivity index (χ0n) is 7.43. The molecular formula is C8H12ClN3O. The molecule has 1 rings (SSSR count). The standard InChI is InChI=1S/C8H12ClN3O/c1-2-6-5-10-12-8(6)11-7(13)3-4-9/h5H,2-4H2,1H3,(H2,10,11,12,13). The summed E-state index contributed by atoms with van der Waals surface area (Å²) in [4.78, 5) is 11.1. The third-order valence-electron chi connectivity index (χ3n) is 1.68. The van der Waals surface area contributed by atoms with Gasteiger partial charge in [-0.05, 0) is 6.42 Å². The number of rotatable bonds is 4. The Kier molecular flexibility index (Phi) is 3.76. The summed E-state index contributed by atoms with van der Waals surface area (Å²) in [6.45, 7) is 2.00. The van der Waals surface area contributed by atoms with Crippen LogP contribution in [0.15, 0.2) is 6.20 Å². The molecular weight excluding hydrogens is 190 g/mol. The van der Waals surface area contributed by atoms with Crippen LogP contribution in [-0.2, 0) is 11.2 Å². The van der Waals surface area contributed by atoms with E-state index in [1.165, 1.54) is 0 Å². The Bertz CT molecular complexity index is 285. The molecule has 2 N–H and O–H groups in total. The van der Waals surface area contributed by atoms with Crippen molar-refractivity contribution in [1.29, 1.82) is 0 Å². The van der Waals surface area contributed by atoms with E-state index in [9.17, 15) is 4.79 Å². The Balaban J connectivity index is 2.57. The van der Waals surface area contributed by atoms with Gasteiger partial charge in [-0.1, -0.05) is 6.92 Å². The third kappa shape index (κ3) is 2.73. The predicted octanol–water partition coefficient (Wildman–Crippen LogP) is 1.54. The van der Waals surface area contributed by atoms with Crippen LogP contribution >= 0.6 is 11.6 Å². The number of hydrogen-bond donors (Lipinski definition) is 2. The Morgan fingerprint density at radius 1 is 1.77 bits per heavy atom. The van der Waals surface area contributed by atoms with Crippen molar-refractivity contribution in [3.63, 3.8) is 0 Å². The lowest BCUT2D eigenvalue weighted by atomic mass is 10.2.